The van der Waals surface area contributed by atoms with Crippen LogP contribution < -0.4 is 10.6 Å². The molecule has 2 heterocycles. The molecule has 1 saturated heterocycles. The number of hydrogen-bond donors (Lipinski definition) is 3. The van der Waals surface area contributed by atoms with Gasteiger partial charge in [0.15, 0.2) is 0 Å². The first-order valence-electron chi connectivity index (χ1n) is 6.41. The summed E-state index contributed by atoms with van der Waals surface area (Å²) >= 11 is 0. The molecule has 6 nitrogen and oxygen atoms in total. The highest BCUT2D eigenvalue weighted by atomic mass is 16.4. The van der Waals surface area contributed by atoms with E-state index in [0.717, 1.165) is 31.6 Å². The van der Waals surface area contributed by atoms with Gasteiger partial charge in [-0.15, -0.1) is 5.10 Å². The second-order valence-electron chi connectivity index (χ2n) is 4.65. The van der Waals surface area contributed by atoms with Gasteiger partial charge in [-0.25, -0.2) is 0 Å². The summed E-state index contributed by atoms with van der Waals surface area (Å²) in [6.07, 6.45) is 2.04. The molecule has 1 fully saturated rings. The Morgan fingerprint density at radius 3 is 2.89 bits per heavy atom. The van der Waals surface area contributed by atoms with Crippen molar-refractivity contribution in [1.82, 2.24) is 15.5 Å². The van der Waals surface area contributed by atoms with Gasteiger partial charge >= 0.3 is 6.01 Å². The molecule has 19 heavy (non-hydrogen) atoms. The zero-order chi connectivity index (χ0) is 13.1. The molecule has 1 aliphatic heterocycles. The lowest BCUT2D eigenvalue weighted by molar-refractivity contribution is 0.379. The Hall–Kier alpha value is -2.08. The number of anilines is 2. The van der Waals surface area contributed by atoms with E-state index in [1.54, 1.807) is 18.2 Å². The molecule has 0 unspecified atom stereocenters. The van der Waals surface area contributed by atoms with Crippen LogP contribution in [0.1, 0.15) is 24.7 Å². The van der Waals surface area contributed by atoms with E-state index < -0.39 is 0 Å². The van der Waals surface area contributed by atoms with Gasteiger partial charge in [-0.3, -0.25) is 0 Å². The summed E-state index contributed by atoms with van der Waals surface area (Å²) in [4.78, 5) is 0. The number of aromatic nitrogens is 2. The summed E-state index contributed by atoms with van der Waals surface area (Å²) in [7, 11) is 0. The van der Waals surface area contributed by atoms with Crippen LogP contribution in [0.25, 0.3) is 0 Å². The Morgan fingerprint density at radius 1 is 1.26 bits per heavy atom. The van der Waals surface area contributed by atoms with Crippen LogP contribution in [0.5, 0.6) is 5.75 Å². The Kier molecular flexibility index (Phi) is 3.33. The summed E-state index contributed by atoms with van der Waals surface area (Å²) in [5.74, 6) is 1.22. The highest BCUT2D eigenvalue weighted by Crippen LogP contribution is 2.26. The largest absolute Gasteiger partial charge is 0.508 e. The molecule has 0 radical (unpaired) electrons. The number of rotatable bonds is 3. The minimum absolute atomic E-state index is 0.197. The fraction of sp³-hybridized carbons (Fsp3) is 0.385. The third-order valence-electron chi connectivity index (χ3n) is 3.23. The average Bonchev–Trinajstić information content (AvgIpc) is 2.88. The van der Waals surface area contributed by atoms with E-state index in [-0.39, 0.29) is 5.75 Å². The Bertz CT molecular complexity index is 549. The minimum Gasteiger partial charge on any atom is -0.508 e. The predicted molar refractivity (Wildman–Crippen MR) is 70.5 cm³/mol. The van der Waals surface area contributed by atoms with Crippen molar-refractivity contribution >= 4 is 11.7 Å². The molecule has 1 aromatic carbocycles. The van der Waals surface area contributed by atoms with Gasteiger partial charge in [0.1, 0.15) is 5.75 Å². The molecule has 0 saturated carbocycles. The van der Waals surface area contributed by atoms with Crippen LogP contribution in [0.2, 0.25) is 0 Å². The normalized spacial score (nSPS) is 16.4. The lowest BCUT2D eigenvalue weighted by Crippen LogP contribution is -2.26. The maximum absolute atomic E-state index is 9.39. The monoisotopic (exact) mass is 260 g/mol. The Balaban J connectivity index is 1.70. The van der Waals surface area contributed by atoms with Crippen LogP contribution in [0, 0.1) is 0 Å². The highest BCUT2D eigenvalue weighted by Gasteiger charge is 2.21. The average molecular weight is 260 g/mol. The van der Waals surface area contributed by atoms with Gasteiger partial charge in [-0.1, -0.05) is 11.2 Å². The van der Waals surface area contributed by atoms with Crippen molar-refractivity contribution in [3.8, 4) is 5.75 Å². The van der Waals surface area contributed by atoms with Gasteiger partial charge in [-0.2, -0.15) is 0 Å². The van der Waals surface area contributed by atoms with Gasteiger partial charge in [0.05, 0.1) is 0 Å². The van der Waals surface area contributed by atoms with Gasteiger partial charge in [-0.05, 0) is 38.1 Å². The van der Waals surface area contributed by atoms with Crippen molar-refractivity contribution in [3.63, 3.8) is 0 Å². The van der Waals surface area contributed by atoms with E-state index in [1.165, 1.54) is 0 Å². The van der Waals surface area contributed by atoms with Crippen molar-refractivity contribution in [2.75, 3.05) is 18.4 Å². The highest BCUT2D eigenvalue weighted by molar-refractivity contribution is 5.54. The number of hydrogen-bond acceptors (Lipinski definition) is 6. The topological polar surface area (TPSA) is 83.2 Å². The van der Waals surface area contributed by atoms with E-state index in [2.05, 4.69) is 20.8 Å². The molecular weight excluding hydrogens is 244 g/mol. The molecule has 3 rings (SSSR count). The Labute approximate surface area is 110 Å². The summed E-state index contributed by atoms with van der Waals surface area (Å²) in [6, 6.07) is 7.16. The van der Waals surface area contributed by atoms with Gasteiger partial charge < -0.3 is 20.2 Å². The Morgan fingerprint density at radius 2 is 2.11 bits per heavy atom. The van der Waals surface area contributed by atoms with Gasteiger partial charge in [0, 0.05) is 17.7 Å². The van der Waals surface area contributed by atoms with Crippen LogP contribution >= 0.6 is 0 Å². The maximum atomic E-state index is 9.39. The number of nitrogens with one attached hydrogen (secondary N) is 2. The molecule has 0 aliphatic carbocycles. The summed E-state index contributed by atoms with van der Waals surface area (Å²) in [5.41, 5.74) is 0.723. The van der Waals surface area contributed by atoms with Crippen molar-refractivity contribution in [2.45, 2.75) is 18.8 Å². The van der Waals surface area contributed by atoms with E-state index in [4.69, 9.17) is 4.42 Å². The van der Waals surface area contributed by atoms with Crippen molar-refractivity contribution < 1.29 is 9.52 Å². The SMILES string of the molecule is Oc1cccc(Nc2nnc(C3CCNCC3)o2)c1. The molecular formula is C13H16N4O2. The van der Waals surface area contributed by atoms with Gasteiger partial charge in [0.25, 0.3) is 0 Å². The maximum Gasteiger partial charge on any atom is 0.320 e. The first kappa shape index (κ1) is 12.0. The molecule has 0 amide bonds. The molecule has 2 aromatic rings. The number of piperidine rings is 1. The number of benzene rings is 1. The van der Waals surface area contributed by atoms with Crippen molar-refractivity contribution in [2.24, 2.45) is 0 Å². The molecule has 6 heteroatoms. The predicted octanol–water partition coefficient (Wildman–Crippen LogP) is 1.99. The zero-order valence-corrected chi connectivity index (χ0v) is 10.5. The third-order valence-corrected chi connectivity index (χ3v) is 3.23. The molecule has 100 valence electrons. The molecule has 0 spiro atoms. The van der Waals surface area contributed by atoms with Crippen LogP contribution in [0.15, 0.2) is 28.7 Å². The first-order valence-corrected chi connectivity index (χ1v) is 6.41. The fourth-order valence-corrected chi connectivity index (χ4v) is 2.23. The van der Waals surface area contributed by atoms with E-state index in [0.29, 0.717) is 17.8 Å². The quantitative estimate of drug-likeness (QED) is 0.782. The molecule has 0 atom stereocenters. The second-order valence-corrected chi connectivity index (χ2v) is 4.65. The smallest absolute Gasteiger partial charge is 0.320 e. The van der Waals surface area contributed by atoms with E-state index in [9.17, 15) is 5.11 Å². The number of aromatic hydroxyl groups is 1. The summed E-state index contributed by atoms with van der Waals surface area (Å²) < 4.78 is 5.62. The van der Waals surface area contributed by atoms with E-state index in [1.807, 2.05) is 6.07 Å². The summed E-state index contributed by atoms with van der Waals surface area (Å²) in [6.45, 7) is 1.98. The second kappa shape index (κ2) is 5.27. The third kappa shape index (κ3) is 2.85. The van der Waals surface area contributed by atoms with Crippen LogP contribution in [-0.2, 0) is 0 Å². The van der Waals surface area contributed by atoms with Crippen LogP contribution in [0.4, 0.5) is 11.7 Å². The lowest BCUT2D eigenvalue weighted by atomic mass is 9.98. The van der Waals surface area contributed by atoms with Crippen LogP contribution in [-0.4, -0.2) is 28.4 Å². The number of phenols is 1. The fourth-order valence-electron chi connectivity index (χ4n) is 2.23. The van der Waals surface area contributed by atoms with Gasteiger partial charge in [0.2, 0.25) is 5.89 Å². The van der Waals surface area contributed by atoms with Crippen LogP contribution in [0.3, 0.4) is 0 Å². The molecule has 1 aliphatic rings. The summed E-state index contributed by atoms with van der Waals surface area (Å²) in [5, 5.41) is 23.8. The molecule has 3 N–H and O–H groups in total. The van der Waals surface area contributed by atoms with Crippen molar-refractivity contribution in [1.29, 1.82) is 0 Å². The zero-order valence-electron chi connectivity index (χ0n) is 10.5. The van der Waals surface area contributed by atoms with Crippen molar-refractivity contribution in [3.05, 3.63) is 30.2 Å². The minimum atomic E-state index is 0.197. The first-order chi connectivity index (χ1) is 9.31. The molecule has 0 bridgehead atoms. The molecule has 1 aromatic heterocycles. The standard InChI is InChI=1S/C13H16N4O2/c18-11-3-1-2-10(8-11)15-13-17-16-12(19-13)9-4-6-14-7-5-9/h1-3,8-9,14,18H,4-7H2,(H,15,17). The number of phenolic OH excluding ortho intramolecular Hbond substituents is 1. The van der Waals surface area contributed by atoms with E-state index >= 15 is 0 Å². The lowest BCUT2D eigenvalue weighted by Gasteiger charge is -2.18. The number of nitrogens with zero attached hydrogens (tertiary/aromatic N) is 2.